The quantitative estimate of drug-likeness (QED) is 0.898. The van der Waals surface area contributed by atoms with Crippen LogP contribution in [0.4, 0.5) is 5.82 Å². The second-order valence-electron chi connectivity index (χ2n) is 4.71. The highest BCUT2D eigenvalue weighted by Gasteiger charge is 2.26. The molecule has 0 saturated carbocycles. The van der Waals surface area contributed by atoms with Crippen LogP contribution in [0, 0.1) is 0 Å². The smallest absolute Gasteiger partial charge is 0.172 e. The van der Waals surface area contributed by atoms with Crippen LogP contribution in [0.5, 0.6) is 17.2 Å². The molecule has 1 aromatic heterocycles. The summed E-state index contributed by atoms with van der Waals surface area (Å²) in [4.78, 5) is 0. The summed E-state index contributed by atoms with van der Waals surface area (Å²) in [6.45, 7) is 1.21. The van der Waals surface area contributed by atoms with Gasteiger partial charge in [-0.05, 0) is 15.9 Å². The van der Waals surface area contributed by atoms with Crippen LogP contribution in [-0.4, -0.2) is 30.1 Å². The summed E-state index contributed by atoms with van der Waals surface area (Å²) < 4.78 is 19.6. The first-order valence-electron chi connectivity index (χ1n) is 6.57. The minimum Gasteiger partial charge on any atom is -0.495 e. The fourth-order valence-electron chi connectivity index (χ4n) is 2.34. The maximum atomic E-state index is 6.11. The van der Waals surface area contributed by atoms with Gasteiger partial charge in [0.2, 0.25) is 0 Å². The summed E-state index contributed by atoms with van der Waals surface area (Å²) in [6, 6.07) is 1.86. The van der Waals surface area contributed by atoms with E-state index in [0.29, 0.717) is 36.3 Å². The van der Waals surface area contributed by atoms with Crippen LogP contribution in [0.1, 0.15) is 6.42 Å². The van der Waals surface area contributed by atoms with E-state index in [1.54, 1.807) is 25.0 Å². The van der Waals surface area contributed by atoms with Crippen molar-refractivity contribution in [3.8, 4) is 28.4 Å². The van der Waals surface area contributed by atoms with Gasteiger partial charge < -0.3 is 19.9 Å². The second-order valence-corrected chi connectivity index (χ2v) is 5.57. The summed E-state index contributed by atoms with van der Waals surface area (Å²) in [7, 11) is 3.40. The third kappa shape index (κ3) is 2.31. The van der Waals surface area contributed by atoms with Crippen molar-refractivity contribution >= 4 is 21.7 Å². The SMILES string of the molecule is COc1c(Br)cc2c(c1-c1cnn(C)c1N)OCCCO2. The Hall–Kier alpha value is -1.89. The zero-order chi connectivity index (χ0) is 15.0. The van der Waals surface area contributed by atoms with E-state index < -0.39 is 0 Å². The Morgan fingerprint density at radius 2 is 2.14 bits per heavy atom. The number of hydrogen-bond acceptors (Lipinski definition) is 5. The van der Waals surface area contributed by atoms with Crippen LogP contribution >= 0.6 is 15.9 Å². The zero-order valence-electron chi connectivity index (χ0n) is 11.9. The van der Waals surface area contributed by atoms with Crippen LogP contribution in [0.15, 0.2) is 16.7 Å². The second kappa shape index (κ2) is 5.48. The van der Waals surface area contributed by atoms with Crippen molar-refractivity contribution in [3.63, 3.8) is 0 Å². The van der Waals surface area contributed by atoms with E-state index in [-0.39, 0.29) is 0 Å². The van der Waals surface area contributed by atoms with Gasteiger partial charge in [0, 0.05) is 19.5 Å². The molecule has 1 aliphatic rings. The summed E-state index contributed by atoms with van der Waals surface area (Å²) in [6.07, 6.45) is 2.53. The van der Waals surface area contributed by atoms with E-state index in [1.807, 2.05) is 6.07 Å². The predicted molar refractivity (Wildman–Crippen MR) is 82.9 cm³/mol. The van der Waals surface area contributed by atoms with Crippen LogP contribution < -0.4 is 19.9 Å². The molecule has 0 fully saturated rings. The monoisotopic (exact) mass is 353 g/mol. The zero-order valence-corrected chi connectivity index (χ0v) is 13.4. The number of aromatic nitrogens is 2. The molecule has 0 unspecified atom stereocenters. The maximum Gasteiger partial charge on any atom is 0.172 e. The number of benzene rings is 1. The van der Waals surface area contributed by atoms with Crippen molar-refractivity contribution in [3.05, 3.63) is 16.7 Å². The minimum atomic E-state index is 0.543. The Morgan fingerprint density at radius 3 is 2.81 bits per heavy atom. The molecule has 3 rings (SSSR count). The molecule has 0 bridgehead atoms. The summed E-state index contributed by atoms with van der Waals surface area (Å²) in [5.74, 6) is 2.52. The van der Waals surface area contributed by atoms with Gasteiger partial charge in [-0.3, -0.25) is 4.68 Å². The van der Waals surface area contributed by atoms with Crippen molar-refractivity contribution in [1.82, 2.24) is 9.78 Å². The van der Waals surface area contributed by atoms with Gasteiger partial charge in [-0.15, -0.1) is 0 Å². The number of anilines is 1. The first kappa shape index (κ1) is 14.1. The summed E-state index contributed by atoms with van der Waals surface area (Å²) in [5, 5.41) is 4.19. The van der Waals surface area contributed by atoms with Crippen molar-refractivity contribution in [1.29, 1.82) is 0 Å². The maximum absolute atomic E-state index is 6.11. The standard InChI is InChI=1S/C14H16BrN3O3/c1-18-14(16)8(7-17-18)11-12(19-2)9(15)6-10-13(11)21-5-3-4-20-10/h6-7H,3-5,16H2,1-2H3. The molecular formula is C14H16BrN3O3. The number of nitrogens with two attached hydrogens (primary N) is 1. The Kier molecular flexibility index (Phi) is 3.67. The van der Waals surface area contributed by atoms with Gasteiger partial charge in [0.1, 0.15) is 11.6 Å². The first-order chi connectivity index (χ1) is 10.1. The molecule has 0 saturated heterocycles. The molecule has 2 heterocycles. The molecular weight excluding hydrogens is 338 g/mol. The van der Waals surface area contributed by atoms with Crippen LogP contribution in [0.2, 0.25) is 0 Å². The fourth-order valence-corrected chi connectivity index (χ4v) is 2.91. The van der Waals surface area contributed by atoms with Gasteiger partial charge in [0.25, 0.3) is 0 Å². The molecule has 1 aliphatic heterocycles. The van der Waals surface area contributed by atoms with E-state index in [1.165, 1.54) is 0 Å². The molecule has 6 nitrogen and oxygen atoms in total. The lowest BCUT2D eigenvalue weighted by Gasteiger charge is -2.17. The molecule has 2 aromatic rings. The average Bonchev–Trinajstić information content (AvgIpc) is 2.67. The Labute approximate surface area is 130 Å². The van der Waals surface area contributed by atoms with E-state index in [4.69, 9.17) is 19.9 Å². The lowest BCUT2D eigenvalue weighted by Crippen LogP contribution is -2.01. The van der Waals surface area contributed by atoms with Gasteiger partial charge in [0.15, 0.2) is 11.5 Å². The Balaban J connectivity index is 2.30. The minimum absolute atomic E-state index is 0.543. The van der Waals surface area contributed by atoms with Crippen molar-refractivity contribution in [2.75, 3.05) is 26.1 Å². The largest absolute Gasteiger partial charge is 0.495 e. The van der Waals surface area contributed by atoms with Crippen LogP contribution in [-0.2, 0) is 7.05 Å². The number of methoxy groups -OCH3 is 1. The molecule has 1 aromatic carbocycles. The van der Waals surface area contributed by atoms with Gasteiger partial charge in [-0.2, -0.15) is 5.10 Å². The molecule has 0 radical (unpaired) electrons. The molecule has 7 heteroatoms. The number of nitrogen functional groups attached to an aromatic ring is 1. The predicted octanol–water partition coefficient (Wildman–Crippen LogP) is 2.60. The van der Waals surface area contributed by atoms with Crippen molar-refractivity contribution in [2.24, 2.45) is 7.05 Å². The first-order valence-corrected chi connectivity index (χ1v) is 7.36. The third-order valence-corrected chi connectivity index (χ3v) is 3.99. The van der Waals surface area contributed by atoms with Crippen molar-refractivity contribution < 1.29 is 14.2 Å². The van der Waals surface area contributed by atoms with Crippen LogP contribution in [0.3, 0.4) is 0 Å². The van der Waals surface area contributed by atoms with Crippen LogP contribution in [0.25, 0.3) is 11.1 Å². The molecule has 0 atom stereocenters. The van der Waals surface area contributed by atoms with E-state index >= 15 is 0 Å². The fraction of sp³-hybridized carbons (Fsp3) is 0.357. The van der Waals surface area contributed by atoms with Gasteiger partial charge in [-0.25, -0.2) is 0 Å². The number of hydrogen-bond donors (Lipinski definition) is 1. The highest BCUT2D eigenvalue weighted by molar-refractivity contribution is 9.10. The Bertz CT molecular complexity index is 685. The normalized spacial score (nSPS) is 13.9. The van der Waals surface area contributed by atoms with Gasteiger partial charge >= 0.3 is 0 Å². The number of ether oxygens (including phenoxy) is 3. The van der Waals surface area contributed by atoms with Gasteiger partial charge in [-0.1, -0.05) is 0 Å². The topological polar surface area (TPSA) is 71.5 Å². The van der Waals surface area contributed by atoms with E-state index in [9.17, 15) is 0 Å². The Morgan fingerprint density at radius 1 is 1.38 bits per heavy atom. The molecule has 21 heavy (non-hydrogen) atoms. The van der Waals surface area contributed by atoms with Crippen molar-refractivity contribution in [2.45, 2.75) is 6.42 Å². The average molecular weight is 354 g/mol. The molecule has 0 aliphatic carbocycles. The molecule has 0 amide bonds. The lowest BCUT2D eigenvalue weighted by atomic mass is 10.1. The van der Waals surface area contributed by atoms with E-state index in [2.05, 4.69) is 21.0 Å². The van der Waals surface area contributed by atoms with Gasteiger partial charge in [0.05, 0.1) is 42.1 Å². The number of nitrogens with zero attached hydrogens (tertiary/aromatic N) is 2. The number of aryl methyl sites for hydroxylation is 1. The summed E-state index contributed by atoms with van der Waals surface area (Å²) >= 11 is 3.51. The molecule has 0 spiro atoms. The number of fused-ring (bicyclic) bond motifs is 1. The lowest BCUT2D eigenvalue weighted by molar-refractivity contribution is 0.297. The number of rotatable bonds is 2. The van der Waals surface area contributed by atoms with E-state index in [0.717, 1.165) is 22.0 Å². The third-order valence-electron chi connectivity index (χ3n) is 3.40. The highest BCUT2D eigenvalue weighted by atomic mass is 79.9. The molecule has 112 valence electrons. The number of halogens is 1. The summed E-state index contributed by atoms with van der Waals surface area (Å²) in [5.41, 5.74) is 7.63. The molecule has 2 N–H and O–H groups in total. The highest BCUT2D eigenvalue weighted by Crippen LogP contribution is 2.50.